The fourth-order valence-corrected chi connectivity index (χ4v) is 3.12. The average molecular weight is 300 g/mol. The van der Waals surface area contributed by atoms with Gasteiger partial charge < -0.3 is 9.21 Å². The Hall–Kier alpha value is -1.94. The van der Waals surface area contributed by atoms with Crippen LogP contribution in [0.25, 0.3) is 0 Å². The summed E-state index contributed by atoms with van der Waals surface area (Å²) in [6, 6.07) is 15.8. The maximum absolute atomic E-state index is 12.4. The fourth-order valence-electron chi connectivity index (χ4n) is 2.28. The molecule has 3 nitrogen and oxygen atoms in total. The van der Waals surface area contributed by atoms with Crippen LogP contribution < -0.4 is 9.21 Å². The van der Waals surface area contributed by atoms with Crippen LogP contribution >= 0.6 is 11.9 Å². The van der Waals surface area contributed by atoms with Crippen LogP contribution in [0.2, 0.25) is 0 Å². The van der Waals surface area contributed by atoms with E-state index in [9.17, 15) is 4.79 Å². The molecule has 0 fully saturated rings. The monoisotopic (exact) mass is 300 g/mol. The number of aryl methyl sites for hydroxylation is 2. The molecule has 0 atom stereocenters. The molecule has 0 aromatic heterocycles. The topological polar surface area (TPSA) is 23.6 Å². The molecule has 0 N–H and O–H groups in total. The summed E-state index contributed by atoms with van der Waals surface area (Å²) >= 11 is 1.20. The molecule has 2 rings (SSSR count). The van der Waals surface area contributed by atoms with Crippen LogP contribution in [0.1, 0.15) is 11.1 Å². The lowest BCUT2D eigenvalue weighted by Crippen LogP contribution is -2.26. The third kappa shape index (κ3) is 3.58. The van der Waals surface area contributed by atoms with E-state index in [0.717, 1.165) is 11.4 Å². The summed E-state index contributed by atoms with van der Waals surface area (Å²) < 4.78 is 1.94. The van der Waals surface area contributed by atoms with Crippen LogP contribution in [0, 0.1) is 13.8 Å². The van der Waals surface area contributed by atoms with Gasteiger partial charge in [0.15, 0.2) is 0 Å². The molecule has 0 radical (unpaired) electrons. The number of hydrogen-bond acceptors (Lipinski definition) is 3. The van der Waals surface area contributed by atoms with Gasteiger partial charge in [-0.25, -0.2) is 0 Å². The number of benzene rings is 2. The Morgan fingerprint density at radius 2 is 1.48 bits per heavy atom. The van der Waals surface area contributed by atoms with Crippen molar-refractivity contribution in [3.05, 3.63) is 59.7 Å². The predicted molar refractivity (Wildman–Crippen MR) is 92.2 cm³/mol. The number of hydrogen-bond donors (Lipinski definition) is 0. The number of amides is 1. The van der Waals surface area contributed by atoms with E-state index in [4.69, 9.17) is 0 Å². The van der Waals surface area contributed by atoms with E-state index in [1.807, 2.05) is 47.8 Å². The summed E-state index contributed by atoms with van der Waals surface area (Å²) in [5.41, 5.74) is 4.32. The van der Waals surface area contributed by atoms with Crippen molar-refractivity contribution in [1.82, 2.24) is 0 Å². The summed E-state index contributed by atoms with van der Waals surface area (Å²) in [7, 11) is 3.72. The van der Waals surface area contributed by atoms with Gasteiger partial charge in [-0.15, -0.1) is 0 Å². The number of carbonyl (C=O) groups is 1. The van der Waals surface area contributed by atoms with E-state index in [2.05, 4.69) is 26.0 Å². The Labute approximate surface area is 130 Å². The molecule has 21 heavy (non-hydrogen) atoms. The SMILES string of the molecule is Cc1cccc(C)c1N(C)SC(=O)N(C)c1ccccc1. The smallest absolute Gasteiger partial charge is 0.306 e. The van der Waals surface area contributed by atoms with E-state index < -0.39 is 0 Å². The molecule has 0 saturated carbocycles. The maximum Gasteiger partial charge on any atom is 0.306 e. The molecular weight excluding hydrogens is 280 g/mol. The molecule has 0 heterocycles. The van der Waals surface area contributed by atoms with Crippen LogP contribution in [-0.4, -0.2) is 19.3 Å². The standard InChI is InChI=1S/C17H20N2OS/c1-13-9-8-10-14(2)16(13)19(4)21-17(20)18(3)15-11-6-5-7-12-15/h5-12H,1-4H3. The molecule has 4 heteroatoms. The van der Waals surface area contributed by atoms with Crippen molar-refractivity contribution in [3.63, 3.8) is 0 Å². The lowest BCUT2D eigenvalue weighted by molar-refractivity contribution is 0.266. The fraction of sp³-hybridized carbons (Fsp3) is 0.235. The second-order valence-corrected chi connectivity index (χ2v) is 6.07. The largest absolute Gasteiger partial charge is 0.311 e. The molecule has 0 aliphatic carbocycles. The number of anilines is 2. The number of carbonyl (C=O) groups excluding carboxylic acids is 1. The molecule has 0 bridgehead atoms. The zero-order valence-corrected chi connectivity index (χ0v) is 13.6. The van der Waals surface area contributed by atoms with Crippen LogP contribution in [-0.2, 0) is 0 Å². The van der Waals surface area contributed by atoms with E-state index in [1.165, 1.54) is 23.1 Å². The first-order chi connectivity index (χ1) is 10.0. The van der Waals surface area contributed by atoms with Crippen LogP contribution in [0.15, 0.2) is 48.5 Å². The molecule has 0 spiro atoms. The van der Waals surface area contributed by atoms with Crippen molar-refractivity contribution in [2.75, 3.05) is 23.3 Å². The second-order valence-electron chi connectivity index (χ2n) is 4.99. The summed E-state index contributed by atoms with van der Waals surface area (Å²) in [4.78, 5) is 14.1. The molecule has 0 saturated heterocycles. The van der Waals surface area contributed by atoms with Gasteiger partial charge in [-0.1, -0.05) is 36.4 Å². The minimum atomic E-state index is -0.00801. The molecule has 1 amide bonds. The predicted octanol–water partition coefficient (Wildman–Crippen LogP) is 4.64. The molecule has 0 unspecified atom stereocenters. The Morgan fingerprint density at radius 3 is 2.05 bits per heavy atom. The van der Waals surface area contributed by atoms with Crippen LogP contribution in [0.4, 0.5) is 16.2 Å². The van der Waals surface area contributed by atoms with Gasteiger partial charge in [-0.2, -0.15) is 0 Å². The summed E-state index contributed by atoms with van der Waals surface area (Å²) in [5, 5.41) is -0.00801. The van der Waals surface area contributed by atoms with Gasteiger partial charge in [-0.05, 0) is 37.1 Å². The normalized spacial score (nSPS) is 10.3. The lowest BCUT2D eigenvalue weighted by atomic mass is 10.1. The zero-order valence-electron chi connectivity index (χ0n) is 12.8. The Kier molecular flexibility index (Phi) is 4.91. The van der Waals surface area contributed by atoms with Gasteiger partial charge in [0, 0.05) is 19.8 Å². The first-order valence-corrected chi connectivity index (χ1v) is 7.58. The van der Waals surface area contributed by atoms with Crippen molar-refractivity contribution < 1.29 is 4.79 Å². The third-order valence-electron chi connectivity index (χ3n) is 3.39. The minimum absolute atomic E-state index is 0.00801. The van der Waals surface area contributed by atoms with Crippen molar-refractivity contribution >= 4 is 28.6 Å². The van der Waals surface area contributed by atoms with Gasteiger partial charge in [0.05, 0.1) is 17.6 Å². The third-order valence-corrected chi connectivity index (χ3v) is 4.27. The molecule has 2 aromatic rings. The molecule has 0 aliphatic rings. The van der Waals surface area contributed by atoms with Crippen LogP contribution in [0.3, 0.4) is 0 Å². The summed E-state index contributed by atoms with van der Waals surface area (Å²) in [5.74, 6) is 0. The first kappa shape index (κ1) is 15.4. The highest BCUT2D eigenvalue weighted by Crippen LogP contribution is 2.30. The zero-order chi connectivity index (χ0) is 15.4. The lowest BCUT2D eigenvalue weighted by Gasteiger charge is -2.24. The average Bonchev–Trinajstić information content (AvgIpc) is 2.47. The van der Waals surface area contributed by atoms with E-state index >= 15 is 0 Å². The van der Waals surface area contributed by atoms with Crippen LogP contribution in [0.5, 0.6) is 0 Å². The van der Waals surface area contributed by atoms with Crippen molar-refractivity contribution in [2.45, 2.75) is 13.8 Å². The van der Waals surface area contributed by atoms with Gasteiger partial charge in [0.2, 0.25) is 0 Å². The molecule has 2 aromatic carbocycles. The van der Waals surface area contributed by atoms with E-state index in [1.54, 1.807) is 11.9 Å². The van der Waals surface area contributed by atoms with Crippen molar-refractivity contribution in [1.29, 1.82) is 0 Å². The Bertz CT molecular complexity index is 608. The van der Waals surface area contributed by atoms with Gasteiger partial charge in [0.1, 0.15) is 0 Å². The van der Waals surface area contributed by atoms with Gasteiger partial charge in [-0.3, -0.25) is 4.79 Å². The molecular formula is C17H20N2OS. The van der Waals surface area contributed by atoms with Crippen molar-refractivity contribution in [2.24, 2.45) is 0 Å². The first-order valence-electron chi connectivity index (χ1n) is 6.81. The minimum Gasteiger partial charge on any atom is -0.311 e. The van der Waals surface area contributed by atoms with E-state index in [0.29, 0.717) is 0 Å². The highest BCUT2D eigenvalue weighted by molar-refractivity contribution is 8.15. The quantitative estimate of drug-likeness (QED) is 0.771. The molecule has 110 valence electrons. The van der Waals surface area contributed by atoms with E-state index in [-0.39, 0.29) is 5.24 Å². The number of rotatable bonds is 3. The maximum atomic E-state index is 12.4. The van der Waals surface area contributed by atoms with Gasteiger partial charge in [0.25, 0.3) is 0 Å². The summed E-state index contributed by atoms with van der Waals surface area (Å²) in [6.45, 7) is 4.12. The second kappa shape index (κ2) is 6.68. The highest BCUT2D eigenvalue weighted by Gasteiger charge is 2.17. The number of nitrogens with zero attached hydrogens (tertiary/aromatic N) is 2. The summed E-state index contributed by atoms with van der Waals surface area (Å²) in [6.07, 6.45) is 0. The van der Waals surface area contributed by atoms with Gasteiger partial charge >= 0.3 is 5.24 Å². The van der Waals surface area contributed by atoms with Crippen molar-refractivity contribution in [3.8, 4) is 0 Å². The number of para-hydroxylation sites is 2. The Balaban J connectivity index is 2.12. The Morgan fingerprint density at radius 1 is 0.905 bits per heavy atom. The molecule has 0 aliphatic heterocycles. The highest BCUT2D eigenvalue weighted by atomic mass is 32.2.